The number of amidine groups is 1. The van der Waals surface area contributed by atoms with Gasteiger partial charge >= 0.3 is 0 Å². The SMILES string of the molecule is CCC(NCCCCO)C(N)=NO. The van der Waals surface area contributed by atoms with Crippen molar-refractivity contribution in [2.24, 2.45) is 10.9 Å². The van der Waals surface area contributed by atoms with Crippen LogP contribution in [-0.4, -0.2) is 35.3 Å². The van der Waals surface area contributed by atoms with Crippen molar-refractivity contribution >= 4 is 5.84 Å². The molecule has 1 unspecified atom stereocenters. The third-order valence-corrected chi connectivity index (χ3v) is 1.86. The highest BCUT2D eigenvalue weighted by atomic mass is 16.4. The van der Waals surface area contributed by atoms with Crippen molar-refractivity contribution in [2.75, 3.05) is 13.2 Å². The standard InChI is InChI=1S/C8H19N3O2/c1-2-7(8(9)11-13)10-5-3-4-6-12/h7,10,12-13H,2-6H2,1H3,(H2,9,11). The van der Waals surface area contributed by atoms with Crippen LogP contribution >= 0.6 is 0 Å². The lowest BCUT2D eigenvalue weighted by atomic mass is 10.2. The van der Waals surface area contributed by atoms with Gasteiger partial charge in [-0.25, -0.2) is 0 Å². The monoisotopic (exact) mass is 189 g/mol. The lowest BCUT2D eigenvalue weighted by Gasteiger charge is -2.14. The van der Waals surface area contributed by atoms with E-state index in [-0.39, 0.29) is 18.5 Å². The first-order valence-corrected chi connectivity index (χ1v) is 4.57. The summed E-state index contributed by atoms with van der Waals surface area (Å²) < 4.78 is 0. The van der Waals surface area contributed by atoms with Gasteiger partial charge in [-0.2, -0.15) is 0 Å². The zero-order chi connectivity index (χ0) is 10.1. The van der Waals surface area contributed by atoms with Crippen molar-refractivity contribution in [1.29, 1.82) is 0 Å². The zero-order valence-electron chi connectivity index (χ0n) is 8.03. The van der Waals surface area contributed by atoms with Gasteiger partial charge in [0.1, 0.15) is 0 Å². The maximum absolute atomic E-state index is 8.53. The molecule has 78 valence electrons. The number of rotatable bonds is 7. The number of unbranched alkanes of at least 4 members (excludes halogenated alkanes) is 1. The smallest absolute Gasteiger partial charge is 0.156 e. The van der Waals surface area contributed by atoms with Crippen molar-refractivity contribution in [3.05, 3.63) is 0 Å². The fourth-order valence-electron chi connectivity index (χ4n) is 1.04. The summed E-state index contributed by atoms with van der Waals surface area (Å²) in [6.07, 6.45) is 2.46. The fraction of sp³-hybridized carbons (Fsp3) is 0.875. The van der Waals surface area contributed by atoms with Crippen molar-refractivity contribution in [1.82, 2.24) is 5.32 Å². The molecular weight excluding hydrogens is 170 g/mol. The minimum absolute atomic E-state index is 0.0660. The molecule has 5 heteroatoms. The van der Waals surface area contributed by atoms with Crippen molar-refractivity contribution < 1.29 is 10.3 Å². The van der Waals surface area contributed by atoms with Gasteiger partial charge < -0.3 is 21.4 Å². The molecule has 0 bridgehead atoms. The molecule has 0 rings (SSSR count). The largest absolute Gasteiger partial charge is 0.409 e. The molecule has 0 fully saturated rings. The zero-order valence-corrected chi connectivity index (χ0v) is 8.03. The van der Waals surface area contributed by atoms with Crippen molar-refractivity contribution in [2.45, 2.75) is 32.2 Å². The summed E-state index contributed by atoms with van der Waals surface area (Å²) in [5, 5.41) is 23.0. The van der Waals surface area contributed by atoms with Crippen LogP contribution in [0.3, 0.4) is 0 Å². The number of nitrogens with one attached hydrogen (secondary N) is 1. The second kappa shape index (κ2) is 7.82. The van der Waals surface area contributed by atoms with Crippen LogP contribution in [0.5, 0.6) is 0 Å². The quantitative estimate of drug-likeness (QED) is 0.148. The van der Waals surface area contributed by atoms with Crippen molar-refractivity contribution in [3.8, 4) is 0 Å². The average molecular weight is 189 g/mol. The molecule has 0 saturated heterocycles. The van der Waals surface area contributed by atoms with E-state index in [1.807, 2.05) is 6.92 Å². The van der Waals surface area contributed by atoms with Gasteiger partial charge in [-0.15, -0.1) is 0 Å². The number of hydrogen-bond donors (Lipinski definition) is 4. The van der Waals surface area contributed by atoms with Gasteiger partial charge in [0.05, 0.1) is 6.04 Å². The van der Waals surface area contributed by atoms with Crippen LogP contribution < -0.4 is 11.1 Å². The maximum atomic E-state index is 8.53. The van der Waals surface area contributed by atoms with Crippen molar-refractivity contribution in [3.63, 3.8) is 0 Å². The molecule has 0 aliphatic carbocycles. The van der Waals surface area contributed by atoms with E-state index in [1.54, 1.807) is 0 Å². The third-order valence-electron chi connectivity index (χ3n) is 1.86. The molecule has 0 aliphatic heterocycles. The second-order valence-electron chi connectivity index (χ2n) is 2.87. The van der Waals surface area contributed by atoms with E-state index < -0.39 is 0 Å². The molecule has 0 aromatic rings. The van der Waals surface area contributed by atoms with Crippen LogP contribution in [0.4, 0.5) is 0 Å². The molecule has 0 aromatic carbocycles. The van der Waals surface area contributed by atoms with E-state index in [4.69, 9.17) is 16.0 Å². The van der Waals surface area contributed by atoms with Crippen LogP contribution in [-0.2, 0) is 0 Å². The molecule has 0 radical (unpaired) electrons. The fourth-order valence-corrected chi connectivity index (χ4v) is 1.04. The number of aliphatic hydroxyl groups is 1. The molecule has 5 nitrogen and oxygen atoms in total. The summed E-state index contributed by atoms with van der Waals surface area (Å²) in [6.45, 7) is 2.94. The van der Waals surface area contributed by atoms with Gasteiger partial charge in [0.25, 0.3) is 0 Å². The van der Waals surface area contributed by atoms with E-state index in [2.05, 4.69) is 10.5 Å². The van der Waals surface area contributed by atoms with Crippen LogP contribution in [0, 0.1) is 0 Å². The normalized spacial score (nSPS) is 14.5. The molecule has 0 aliphatic rings. The highest BCUT2D eigenvalue weighted by Crippen LogP contribution is 1.92. The first kappa shape index (κ1) is 12.2. The molecule has 13 heavy (non-hydrogen) atoms. The summed E-state index contributed by atoms with van der Waals surface area (Å²) >= 11 is 0. The first-order chi connectivity index (χ1) is 6.26. The Labute approximate surface area is 78.6 Å². The highest BCUT2D eigenvalue weighted by Gasteiger charge is 2.09. The number of hydrogen-bond acceptors (Lipinski definition) is 4. The van der Waals surface area contributed by atoms with E-state index in [1.165, 1.54) is 0 Å². The van der Waals surface area contributed by atoms with E-state index in [9.17, 15) is 0 Å². The van der Waals surface area contributed by atoms with Gasteiger partial charge in [0.15, 0.2) is 5.84 Å². The Morgan fingerprint density at radius 2 is 2.23 bits per heavy atom. The molecule has 5 N–H and O–H groups in total. The van der Waals surface area contributed by atoms with E-state index in [0.29, 0.717) is 0 Å². The van der Waals surface area contributed by atoms with Crippen LogP contribution in [0.1, 0.15) is 26.2 Å². The van der Waals surface area contributed by atoms with Gasteiger partial charge in [-0.05, 0) is 25.8 Å². The van der Waals surface area contributed by atoms with E-state index in [0.717, 1.165) is 25.8 Å². The Hall–Kier alpha value is -0.810. The predicted molar refractivity (Wildman–Crippen MR) is 51.8 cm³/mol. The average Bonchev–Trinajstić information content (AvgIpc) is 2.17. The minimum atomic E-state index is -0.0660. The van der Waals surface area contributed by atoms with Crippen LogP contribution in [0.2, 0.25) is 0 Å². The van der Waals surface area contributed by atoms with Gasteiger partial charge in [-0.1, -0.05) is 12.1 Å². The van der Waals surface area contributed by atoms with Gasteiger partial charge in [0, 0.05) is 6.61 Å². The minimum Gasteiger partial charge on any atom is -0.409 e. The highest BCUT2D eigenvalue weighted by molar-refractivity contribution is 5.85. The molecule has 0 heterocycles. The Kier molecular flexibility index (Phi) is 7.33. The topological polar surface area (TPSA) is 90.9 Å². The summed E-state index contributed by atoms with van der Waals surface area (Å²) in [5.41, 5.74) is 5.43. The third kappa shape index (κ3) is 5.43. The number of nitrogens with zero attached hydrogens (tertiary/aromatic N) is 1. The van der Waals surface area contributed by atoms with Gasteiger partial charge in [0.2, 0.25) is 0 Å². The molecule has 1 atom stereocenters. The molecule has 0 saturated carbocycles. The summed E-state index contributed by atoms with van der Waals surface area (Å²) in [4.78, 5) is 0. The Morgan fingerprint density at radius 3 is 2.69 bits per heavy atom. The number of nitrogens with two attached hydrogens (primary N) is 1. The Morgan fingerprint density at radius 1 is 1.54 bits per heavy atom. The molecular formula is C8H19N3O2. The predicted octanol–water partition coefficient (Wildman–Crippen LogP) is -0.126. The van der Waals surface area contributed by atoms with Crippen LogP contribution in [0.15, 0.2) is 5.16 Å². The van der Waals surface area contributed by atoms with Gasteiger partial charge in [-0.3, -0.25) is 0 Å². The Bertz CT molecular complexity index is 150. The van der Waals surface area contributed by atoms with Crippen LogP contribution in [0.25, 0.3) is 0 Å². The summed E-state index contributed by atoms with van der Waals surface area (Å²) in [7, 11) is 0. The van der Waals surface area contributed by atoms with E-state index >= 15 is 0 Å². The summed E-state index contributed by atoms with van der Waals surface area (Å²) in [5.74, 6) is 0.214. The molecule has 0 amide bonds. The summed E-state index contributed by atoms with van der Waals surface area (Å²) in [6, 6.07) is -0.0660. The lowest BCUT2D eigenvalue weighted by molar-refractivity contribution is 0.283. The Balaban J connectivity index is 3.60. The maximum Gasteiger partial charge on any atom is 0.156 e. The molecule has 0 spiro atoms. The lowest BCUT2D eigenvalue weighted by Crippen LogP contribution is -2.41. The second-order valence-corrected chi connectivity index (χ2v) is 2.87. The first-order valence-electron chi connectivity index (χ1n) is 4.57. The molecule has 0 aromatic heterocycles. The number of oxime groups is 1. The number of aliphatic hydroxyl groups excluding tert-OH is 1.